The number of hydrogen-bond acceptors (Lipinski definition) is 3. The van der Waals surface area contributed by atoms with Gasteiger partial charge in [-0.25, -0.2) is 0 Å². The molecule has 0 bridgehead atoms. The lowest BCUT2D eigenvalue weighted by molar-refractivity contribution is -0.384. The van der Waals surface area contributed by atoms with Crippen molar-refractivity contribution in [3.63, 3.8) is 0 Å². The highest BCUT2D eigenvalue weighted by atomic mass is 16.6. The zero-order valence-corrected chi connectivity index (χ0v) is 10.2. The molecule has 1 aliphatic carbocycles. The molecule has 1 aliphatic rings. The Hall–Kier alpha value is -1.89. The molecular formula is C14H16N2O2. The summed E-state index contributed by atoms with van der Waals surface area (Å²) in [6.07, 6.45) is 5.14. The molecule has 4 nitrogen and oxygen atoms in total. The number of nitro benzene ring substituents is 1. The van der Waals surface area contributed by atoms with Crippen LogP contribution in [0, 0.1) is 27.4 Å². The number of nitro groups is 1. The van der Waals surface area contributed by atoms with Crippen LogP contribution in [0.5, 0.6) is 0 Å². The van der Waals surface area contributed by atoms with Crippen LogP contribution in [-0.4, -0.2) is 4.92 Å². The molecule has 1 fully saturated rings. The van der Waals surface area contributed by atoms with Crippen molar-refractivity contribution in [2.75, 3.05) is 0 Å². The zero-order chi connectivity index (χ0) is 13.0. The van der Waals surface area contributed by atoms with Gasteiger partial charge in [0.1, 0.15) is 0 Å². The third-order valence-corrected chi connectivity index (χ3v) is 3.79. The van der Waals surface area contributed by atoms with Gasteiger partial charge >= 0.3 is 0 Å². The second-order valence-corrected chi connectivity index (χ2v) is 4.86. The lowest BCUT2D eigenvalue weighted by Crippen LogP contribution is -2.17. The molecule has 2 atom stereocenters. The Morgan fingerprint density at radius 1 is 1.28 bits per heavy atom. The molecule has 0 saturated heterocycles. The summed E-state index contributed by atoms with van der Waals surface area (Å²) >= 11 is 0. The highest BCUT2D eigenvalue weighted by Gasteiger charge is 2.26. The molecule has 0 amide bonds. The van der Waals surface area contributed by atoms with Gasteiger partial charge in [0.2, 0.25) is 0 Å². The smallest absolute Gasteiger partial charge is 0.258 e. The van der Waals surface area contributed by atoms with E-state index in [1.165, 1.54) is 12.8 Å². The predicted molar refractivity (Wildman–Crippen MR) is 68.0 cm³/mol. The maximum atomic E-state index is 10.6. The Kier molecular flexibility index (Phi) is 3.93. The van der Waals surface area contributed by atoms with Gasteiger partial charge in [0.05, 0.1) is 11.0 Å². The predicted octanol–water partition coefficient (Wildman–Crippen LogP) is 3.78. The molecule has 1 aromatic carbocycles. The summed E-state index contributed by atoms with van der Waals surface area (Å²) < 4.78 is 0. The average Bonchev–Trinajstić information content (AvgIpc) is 2.40. The molecule has 0 aliphatic heterocycles. The Morgan fingerprint density at radius 3 is 2.56 bits per heavy atom. The van der Waals surface area contributed by atoms with Crippen molar-refractivity contribution in [3.8, 4) is 6.07 Å². The molecule has 1 aromatic rings. The maximum absolute atomic E-state index is 10.6. The average molecular weight is 244 g/mol. The van der Waals surface area contributed by atoms with Crippen LogP contribution in [0.25, 0.3) is 0 Å². The van der Waals surface area contributed by atoms with Crippen LogP contribution in [0.3, 0.4) is 0 Å². The third-order valence-electron chi connectivity index (χ3n) is 3.79. The van der Waals surface area contributed by atoms with E-state index in [4.69, 9.17) is 5.26 Å². The van der Waals surface area contributed by atoms with E-state index in [1.54, 1.807) is 12.1 Å². The Morgan fingerprint density at radius 2 is 1.94 bits per heavy atom. The van der Waals surface area contributed by atoms with Crippen molar-refractivity contribution in [3.05, 3.63) is 39.9 Å². The molecule has 2 unspecified atom stereocenters. The van der Waals surface area contributed by atoms with Crippen LogP contribution in [0.2, 0.25) is 0 Å². The third kappa shape index (κ3) is 2.67. The molecule has 2 rings (SSSR count). The second-order valence-electron chi connectivity index (χ2n) is 4.86. The van der Waals surface area contributed by atoms with Gasteiger partial charge in [0.25, 0.3) is 5.69 Å². The minimum atomic E-state index is -0.378. The van der Waals surface area contributed by atoms with Crippen LogP contribution in [0.4, 0.5) is 5.69 Å². The first-order valence-electron chi connectivity index (χ1n) is 6.33. The van der Waals surface area contributed by atoms with Crippen molar-refractivity contribution in [1.29, 1.82) is 5.26 Å². The van der Waals surface area contributed by atoms with Gasteiger partial charge in [-0.05, 0) is 30.2 Å². The van der Waals surface area contributed by atoms with Gasteiger partial charge in [0, 0.05) is 18.6 Å². The quantitative estimate of drug-likeness (QED) is 0.600. The van der Waals surface area contributed by atoms with E-state index in [-0.39, 0.29) is 10.6 Å². The number of non-ortho nitro benzene ring substituents is 1. The molecule has 0 N–H and O–H groups in total. The Balaban J connectivity index is 2.18. The van der Waals surface area contributed by atoms with E-state index in [9.17, 15) is 10.1 Å². The van der Waals surface area contributed by atoms with Gasteiger partial charge in [-0.3, -0.25) is 10.1 Å². The number of benzene rings is 1. The fourth-order valence-corrected chi connectivity index (χ4v) is 2.85. The fraction of sp³-hybridized carbons (Fsp3) is 0.500. The lowest BCUT2D eigenvalue weighted by Gasteiger charge is -2.30. The van der Waals surface area contributed by atoms with Gasteiger partial charge in [-0.15, -0.1) is 0 Å². The lowest BCUT2D eigenvalue weighted by atomic mass is 9.74. The Labute approximate surface area is 106 Å². The Bertz CT molecular complexity index is 462. The summed E-state index contributed by atoms with van der Waals surface area (Å²) in [5.74, 6) is 0.796. The van der Waals surface area contributed by atoms with Crippen molar-refractivity contribution in [1.82, 2.24) is 0 Å². The summed E-state index contributed by atoms with van der Waals surface area (Å²) in [6.45, 7) is 0. The van der Waals surface area contributed by atoms with Gasteiger partial charge in [-0.1, -0.05) is 25.0 Å². The summed E-state index contributed by atoms with van der Waals surface area (Å²) in [5.41, 5.74) is 1.27. The number of rotatable bonds is 3. The zero-order valence-electron chi connectivity index (χ0n) is 10.2. The molecule has 18 heavy (non-hydrogen) atoms. The first-order chi connectivity index (χ1) is 8.72. The molecule has 4 heteroatoms. The largest absolute Gasteiger partial charge is 0.269 e. The monoisotopic (exact) mass is 244 g/mol. The topological polar surface area (TPSA) is 66.9 Å². The molecule has 0 heterocycles. The minimum Gasteiger partial charge on any atom is -0.258 e. The van der Waals surface area contributed by atoms with Crippen LogP contribution >= 0.6 is 0 Å². The van der Waals surface area contributed by atoms with Crippen molar-refractivity contribution >= 4 is 5.69 Å². The van der Waals surface area contributed by atoms with Gasteiger partial charge in [-0.2, -0.15) is 5.26 Å². The van der Waals surface area contributed by atoms with E-state index in [2.05, 4.69) is 6.07 Å². The van der Waals surface area contributed by atoms with Gasteiger partial charge in [0.15, 0.2) is 0 Å². The van der Waals surface area contributed by atoms with Gasteiger partial charge < -0.3 is 0 Å². The van der Waals surface area contributed by atoms with Crippen LogP contribution < -0.4 is 0 Å². The van der Waals surface area contributed by atoms with E-state index >= 15 is 0 Å². The summed E-state index contributed by atoms with van der Waals surface area (Å²) in [7, 11) is 0. The standard InChI is InChI=1S/C14H16N2O2/c15-10-9-11-3-1-2-4-14(11)12-5-7-13(8-6-12)16(17)18/h5-8,11,14H,1-4,9H2. The highest BCUT2D eigenvalue weighted by Crippen LogP contribution is 2.39. The molecule has 1 saturated carbocycles. The molecular weight excluding hydrogens is 228 g/mol. The van der Waals surface area contributed by atoms with Crippen molar-refractivity contribution < 1.29 is 4.92 Å². The summed E-state index contributed by atoms with van der Waals surface area (Å²) in [6, 6.07) is 9.08. The van der Waals surface area contributed by atoms with E-state index in [0.717, 1.165) is 18.4 Å². The van der Waals surface area contributed by atoms with E-state index < -0.39 is 0 Å². The summed E-state index contributed by atoms with van der Waals surface area (Å²) in [5, 5.41) is 19.5. The first kappa shape index (κ1) is 12.6. The molecule has 0 spiro atoms. The number of hydrogen-bond donors (Lipinski definition) is 0. The van der Waals surface area contributed by atoms with Crippen LogP contribution in [-0.2, 0) is 0 Å². The number of nitriles is 1. The fourth-order valence-electron chi connectivity index (χ4n) is 2.85. The van der Waals surface area contributed by atoms with Crippen molar-refractivity contribution in [2.45, 2.75) is 38.0 Å². The van der Waals surface area contributed by atoms with E-state index in [1.807, 2.05) is 12.1 Å². The van der Waals surface area contributed by atoms with E-state index in [0.29, 0.717) is 18.3 Å². The summed E-state index contributed by atoms with van der Waals surface area (Å²) in [4.78, 5) is 10.2. The molecule has 94 valence electrons. The van der Waals surface area contributed by atoms with Crippen LogP contribution in [0.1, 0.15) is 43.6 Å². The SMILES string of the molecule is N#CCC1CCCCC1c1ccc([N+](=O)[O-])cc1. The highest BCUT2D eigenvalue weighted by molar-refractivity contribution is 5.34. The second kappa shape index (κ2) is 5.63. The van der Waals surface area contributed by atoms with Crippen LogP contribution in [0.15, 0.2) is 24.3 Å². The van der Waals surface area contributed by atoms with Crippen molar-refractivity contribution in [2.24, 2.45) is 5.92 Å². The first-order valence-corrected chi connectivity index (χ1v) is 6.33. The minimum absolute atomic E-state index is 0.131. The molecule has 0 aromatic heterocycles. The normalized spacial score (nSPS) is 23.3. The maximum Gasteiger partial charge on any atom is 0.269 e. The molecule has 0 radical (unpaired) electrons. The number of nitrogens with zero attached hydrogens (tertiary/aromatic N) is 2.